The number of methoxy groups -OCH3 is 1. The van der Waals surface area contributed by atoms with Crippen LogP contribution in [-0.2, 0) is 30.8 Å². The van der Waals surface area contributed by atoms with Crippen LogP contribution in [0.25, 0.3) is 0 Å². The number of allylic oxidation sites excluding steroid dienone is 1. The number of rotatable bonds is 13. The van der Waals surface area contributed by atoms with E-state index < -0.39 is 22.2 Å². The molecule has 0 spiro atoms. The highest BCUT2D eigenvalue weighted by Gasteiger charge is 2.30. The summed E-state index contributed by atoms with van der Waals surface area (Å²) in [6.45, 7) is -0.348. The van der Waals surface area contributed by atoms with Gasteiger partial charge in [0.2, 0.25) is 16.3 Å². The van der Waals surface area contributed by atoms with Crippen LogP contribution < -0.4 is 10.1 Å². The van der Waals surface area contributed by atoms with Gasteiger partial charge in [-0.15, -0.1) is 11.3 Å². The summed E-state index contributed by atoms with van der Waals surface area (Å²) in [5, 5.41) is 14.2. The van der Waals surface area contributed by atoms with Crippen LogP contribution in [0, 0.1) is 5.82 Å². The molecular weight excluding hydrogens is 559 g/mol. The smallest absolute Gasteiger partial charge is 0.286 e. The van der Waals surface area contributed by atoms with E-state index in [1.54, 1.807) is 41.7 Å². The van der Waals surface area contributed by atoms with Crippen LogP contribution in [0.2, 0.25) is 0 Å². The second-order valence-corrected chi connectivity index (χ2v) is 11.8. The number of hydrogen-bond donors (Lipinski definition) is 2. The van der Waals surface area contributed by atoms with Crippen molar-refractivity contribution in [1.29, 1.82) is 0 Å². The minimum atomic E-state index is -3.90. The summed E-state index contributed by atoms with van der Waals surface area (Å²) in [6.07, 6.45) is 1.38. The Morgan fingerprint density at radius 1 is 1.15 bits per heavy atom. The Bertz CT molecular complexity index is 1380. The predicted molar refractivity (Wildman–Crippen MR) is 148 cm³/mol. The number of carbonyl (C=O) groups is 1. The molecule has 2 aromatic carbocycles. The summed E-state index contributed by atoms with van der Waals surface area (Å²) in [5.74, 6) is -0.322. The van der Waals surface area contributed by atoms with Gasteiger partial charge in [0.25, 0.3) is 5.91 Å². The zero-order valence-electron chi connectivity index (χ0n) is 21.9. The highest BCUT2D eigenvalue weighted by atomic mass is 32.2. The van der Waals surface area contributed by atoms with Crippen molar-refractivity contribution in [3.8, 4) is 5.75 Å². The molecule has 1 amide bonds. The Morgan fingerprint density at radius 2 is 1.90 bits per heavy atom. The first-order chi connectivity index (χ1) is 19.3. The van der Waals surface area contributed by atoms with Gasteiger partial charge in [-0.1, -0.05) is 18.2 Å². The summed E-state index contributed by atoms with van der Waals surface area (Å²) in [6, 6.07) is 15.7. The molecule has 2 heterocycles. The molecule has 4 rings (SSSR count). The number of benzene rings is 2. The average Bonchev–Trinajstić information content (AvgIpc) is 3.51. The fourth-order valence-electron chi connectivity index (χ4n) is 4.14. The number of nitrogens with zero attached hydrogens (tertiary/aromatic N) is 1. The molecule has 0 saturated heterocycles. The molecule has 12 heteroatoms. The molecule has 1 aliphatic heterocycles. The molecule has 2 atom stereocenters. The normalized spacial score (nSPS) is 17.2. The standard InChI is InChI=1S/C28H31FN2O7S2/c1-36-23-8-10-24(11-9-23)40(34,35)31(12-14-32)13-15-37-27-18-21(26-3-2-16-39-26)17-25(38-27)28(33)30-19-20-4-6-22(29)7-5-20/h2-11,16-17,21,27,32H,12-15,18-19H2,1H3,(H,30,33)/t21-,27+/m1/s1. The van der Waals surface area contributed by atoms with Crippen molar-refractivity contribution in [2.24, 2.45) is 0 Å². The van der Waals surface area contributed by atoms with E-state index in [0.29, 0.717) is 12.2 Å². The third-order valence-electron chi connectivity index (χ3n) is 6.25. The van der Waals surface area contributed by atoms with E-state index in [1.165, 1.54) is 31.4 Å². The van der Waals surface area contributed by atoms with Gasteiger partial charge in [0.15, 0.2) is 5.76 Å². The Kier molecular flexibility index (Phi) is 10.3. The number of hydrogen-bond acceptors (Lipinski definition) is 8. The predicted octanol–water partition coefficient (Wildman–Crippen LogP) is 3.63. The number of nitrogens with one attached hydrogen (secondary N) is 1. The Hall–Kier alpha value is -3.29. The van der Waals surface area contributed by atoms with Gasteiger partial charge >= 0.3 is 0 Å². The first-order valence-electron chi connectivity index (χ1n) is 12.6. The fraction of sp³-hybridized carbons (Fsp3) is 0.321. The lowest BCUT2D eigenvalue weighted by atomic mass is 9.99. The molecule has 0 radical (unpaired) electrons. The van der Waals surface area contributed by atoms with Gasteiger partial charge in [-0.25, -0.2) is 12.8 Å². The van der Waals surface area contributed by atoms with E-state index in [-0.39, 0.29) is 55.2 Å². The van der Waals surface area contributed by atoms with Crippen molar-refractivity contribution in [3.63, 3.8) is 0 Å². The molecular formula is C28H31FN2O7S2. The molecule has 0 saturated carbocycles. The highest BCUT2D eigenvalue weighted by Crippen LogP contribution is 2.34. The molecule has 0 aliphatic carbocycles. The zero-order chi connectivity index (χ0) is 28.5. The van der Waals surface area contributed by atoms with Crippen LogP contribution in [-0.4, -0.2) is 63.4 Å². The Labute approximate surface area is 236 Å². The van der Waals surface area contributed by atoms with Gasteiger partial charge in [0.1, 0.15) is 11.6 Å². The topological polar surface area (TPSA) is 114 Å². The lowest BCUT2D eigenvalue weighted by Gasteiger charge is -2.29. The number of carbonyl (C=O) groups excluding carboxylic acids is 1. The zero-order valence-corrected chi connectivity index (χ0v) is 23.5. The number of thiophene rings is 1. The SMILES string of the molecule is COc1ccc(S(=O)(=O)N(CCO)CCO[C@@H]2C[C@H](c3cccs3)C=C(C(=O)NCc3ccc(F)cc3)O2)cc1. The summed E-state index contributed by atoms with van der Waals surface area (Å²) in [4.78, 5) is 14.0. The maximum atomic E-state index is 13.2. The van der Waals surface area contributed by atoms with E-state index in [4.69, 9.17) is 14.2 Å². The molecule has 40 heavy (non-hydrogen) atoms. The maximum Gasteiger partial charge on any atom is 0.286 e. The second-order valence-electron chi connectivity index (χ2n) is 8.92. The van der Waals surface area contributed by atoms with Crippen LogP contribution in [0.4, 0.5) is 4.39 Å². The number of halogens is 1. The Balaban J connectivity index is 1.40. The Morgan fingerprint density at radius 3 is 2.55 bits per heavy atom. The molecule has 214 valence electrons. The number of amides is 1. The summed E-state index contributed by atoms with van der Waals surface area (Å²) in [7, 11) is -2.41. The molecule has 0 fully saturated rings. The molecule has 0 unspecified atom stereocenters. The third kappa shape index (κ3) is 7.67. The minimum Gasteiger partial charge on any atom is -0.497 e. The third-order valence-corrected chi connectivity index (χ3v) is 9.16. The molecule has 3 aromatic rings. The number of ether oxygens (including phenoxy) is 3. The van der Waals surface area contributed by atoms with Gasteiger partial charge in [0, 0.05) is 36.9 Å². The van der Waals surface area contributed by atoms with Crippen LogP contribution >= 0.6 is 11.3 Å². The van der Waals surface area contributed by atoms with Crippen LogP contribution in [0.1, 0.15) is 22.8 Å². The highest BCUT2D eigenvalue weighted by molar-refractivity contribution is 7.89. The van der Waals surface area contributed by atoms with Crippen molar-refractivity contribution in [2.45, 2.75) is 30.1 Å². The first-order valence-corrected chi connectivity index (χ1v) is 14.9. The van der Waals surface area contributed by atoms with Gasteiger partial charge in [-0.3, -0.25) is 4.79 Å². The second kappa shape index (κ2) is 13.9. The van der Waals surface area contributed by atoms with Crippen LogP contribution in [0.5, 0.6) is 5.75 Å². The van der Waals surface area contributed by atoms with E-state index >= 15 is 0 Å². The van der Waals surface area contributed by atoms with Gasteiger partial charge in [0.05, 0.1) is 25.2 Å². The van der Waals surface area contributed by atoms with E-state index in [0.717, 1.165) is 14.7 Å². The summed E-state index contributed by atoms with van der Waals surface area (Å²) in [5.41, 5.74) is 0.732. The summed E-state index contributed by atoms with van der Waals surface area (Å²) >= 11 is 1.55. The molecule has 1 aromatic heterocycles. The quantitative estimate of drug-likeness (QED) is 0.313. The first kappa shape index (κ1) is 29.7. The largest absolute Gasteiger partial charge is 0.497 e. The van der Waals surface area contributed by atoms with Crippen LogP contribution in [0.3, 0.4) is 0 Å². The lowest BCUT2D eigenvalue weighted by molar-refractivity contribution is -0.146. The lowest BCUT2D eigenvalue weighted by Crippen LogP contribution is -2.38. The van der Waals surface area contributed by atoms with Crippen LogP contribution in [0.15, 0.2) is 82.8 Å². The van der Waals surface area contributed by atoms with E-state index in [9.17, 15) is 22.7 Å². The summed E-state index contributed by atoms with van der Waals surface area (Å²) < 4.78 is 57.5. The van der Waals surface area contributed by atoms with Crippen molar-refractivity contribution >= 4 is 27.3 Å². The van der Waals surface area contributed by atoms with E-state index in [1.807, 2.05) is 17.5 Å². The monoisotopic (exact) mass is 590 g/mol. The number of aliphatic hydroxyl groups excluding tert-OH is 1. The number of aliphatic hydroxyl groups is 1. The molecule has 9 nitrogen and oxygen atoms in total. The molecule has 2 N–H and O–H groups in total. The molecule has 1 aliphatic rings. The average molecular weight is 591 g/mol. The van der Waals surface area contributed by atoms with Crippen molar-refractivity contribution in [1.82, 2.24) is 9.62 Å². The van der Waals surface area contributed by atoms with Crippen molar-refractivity contribution in [2.75, 3.05) is 33.4 Å². The fourth-order valence-corrected chi connectivity index (χ4v) is 6.36. The van der Waals surface area contributed by atoms with E-state index in [2.05, 4.69) is 5.32 Å². The van der Waals surface area contributed by atoms with Gasteiger partial charge < -0.3 is 24.6 Å². The maximum absolute atomic E-state index is 13.2. The number of sulfonamides is 1. The van der Waals surface area contributed by atoms with Gasteiger partial charge in [-0.05, 0) is 59.5 Å². The van der Waals surface area contributed by atoms with Crippen molar-refractivity contribution in [3.05, 3.63) is 94.1 Å². The van der Waals surface area contributed by atoms with Crippen molar-refractivity contribution < 1.29 is 36.9 Å². The van der Waals surface area contributed by atoms with Gasteiger partial charge in [-0.2, -0.15) is 4.31 Å². The molecule has 0 bridgehead atoms. The minimum absolute atomic E-state index is 0.0261.